The van der Waals surface area contributed by atoms with Crippen molar-refractivity contribution in [3.05, 3.63) is 35.9 Å². The molecular formula is C19H30ClN3O3. The quantitative estimate of drug-likeness (QED) is 0.780. The number of piperidine rings is 1. The van der Waals surface area contributed by atoms with Crippen LogP contribution in [0.1, 0.15) is 36.5 Å². The number of rotatable bonds is 7. The smallest absolute Gasteiger partial charge is 0.253 e. The van der Waals surface area contributed by atoms with E-state index in [1.807, 2.05) is 40.1 Å². The molecule has 2 rings (SSSR count). The summed E-state index contributed by atoms with van der Waals surface area (Å²) in [7, 11) is 1.55. The second-order valence-corrected chi connectivity index (χ2v) is 6.48. The Morgan fingerprint density at radius 2 is 1.88 bits per heavy atom. The first-order valence-corrected chi connectivity index (χ1v) is 8.97. The van der Waals surface area contributed by atoms with Crippen LogP contribution in [0, 0.1) is 0 Å². The van der Waals surface area contributed by atoms with Gasteiger partial charge in [0.15, 0.2) is 0 Å². The van der Waals surface area contributed by atoms with Gasteiger partial charge in [-0.2, -0.15) is 0 Å². The van der Waals surface area contributed by atoms with Crippen LogP contribution in [0.2, 0.25) is 0 Å². The predicted octanol–water partition coefficient (Wildman–Crippen LogP) is 1.93. The summed E-state index contributed by atoms with van der Waals surface area (Å²) in [6.45, 7) is 4.28. The lowest BCUT2D eigenvalue weighted by Gasteiger charge is -2.39. The summed E-state index contributed by atoms with van der Waals surface area (Å²) < 4.78 is 5.01. The van der Waals surface area contributed by atoms with Crippen molar-refractivity contribution in [3.63, 3.8) is 0 Å². The van der Waals surface area contributed by atoms with Gasteiger partial charge in [0.1, 0.15) is 6.04 Å². The van der Waals surface area contributed by atoms with Gasteiger partial charge >= 0.3 is 0 Å². The van der Waals surface area contributed by atoms with Crippen molar-refractivity contribution in [1.29, 1.82) is 0 Å². The Balaban J connectivity index is 0.00000338. The molecule has 0 radical (unpaired) electrons. The maximum absolute atomic E-state index is 12.6. The molecule has 1 unspecified atom stereocenters. The van der Waals surface area contributed by atoms with E-state index in [-0.39, 0.29) is 36.9 Å². The van der Waals surface area contributed by atoms with Crippen molar-refractivity contribution in [3.8, 4) is 0 Å². The van der Waals surface area contributed by atoms with Gasteiger partial charge in [0.2, 0.25) is 5.91 Å². The fourth-order valence-corrected chi connectivity index (χ4v) is 3.32. The van der Waals surface area contributed by atoms with Gasteiger partial charge in [0, 0.05) is 38.3 Å². The lowest BCUT2D eigenvalue weighted by atomic mass is 10.0. The number of hydrogen-bond acceptors (Lipinski definition) is 4. The lowest BCUT2D eigenvalue weighted by Crippen LogP contribution is -2.54. The molecule has 1 aliphatic heterocycles. The van der Waals surface area contributed by atoms with Crippen molar-refractivity contribution in [2.24, 2.45) is 5.73 Å². The summed E-state index contributed by atoms with van der Waals surface area (Å²) in [5, 5.41) is 0. The molecule has 0 aliphatic carbocycles. The van der Waals surface area contributed by atoms with Crippen LogP contribution in [-0.4, -0.2) is 67.0 Å². The highest BCUT2D eigenvalue weighted by Gasteiger charge is 2.31. The number of amides is 2. The van der Waals surface area contributed by atoms with Crippen molar-refractivity contribution >= 4 is 24.2 Å². The fourth-order valence-electron chi connectivity index (χ4n) is 3.32. The number of methoxy groups -OCH3 is 1. The van der Waals surface area contributed by atoms with E-state index in [4.69, 9.17) is 10.5 Å². The minimum Gasteiger partial charge on any atom is -0.383 e. The number of likely N-dealkylation sites (tertiary alicyclic amines) is 1. The zero-order chi connectivity index (χ0) is 18.2. The van der Waals surface area contributed by atoms with E-state index in [9.17, 15) is 9.59 Å². The average Bonchev–Trinajstić information content (AvgIpc) is 2.66. The van der Waals surface area contributed by atoms with Crippen LogP contribution in [0.3, 0.4) is 0 Å². The summed E-state index contributed by atoms with van der Waals surface area (Å²) in [5.74, 6) is 0.0000355. The maximum atomic E-state index is 12.6. The van der Waals surface area contributed by atoms with Gasteiger partial charge in [0.25, 0.3) is 5.91 Å². The number of carbonyl (C=O) groups is 2. The summed E-state index contributed by atoms with van der Waals surface area (Å²) in [4.78, 5) is 28.9. The molecule has 2 amide bonds. The van der Waals surface area contributed by atoms with Crippen molar-refractivity contribution in [2.45, 2.75) is 38.3 Å². The van der Waals surface area contributed by atoms with Crippen LogP contribution in [0.25, 0.3) is 0 Å². The monoisotopic (exact) mass is 383 g/mol. The van der Waals surface area contributed by atoms with E-state index >= 15 is 0 Å². The highest BCUT2D eigenvalue weighted by atomic mass is 35.5. The summed E-state index contributed by atoms with van der Waals surface area (Å²) in [6, 6.07) is 8.84. The molecule has 1 heterocycles. The van der Waals surface area contributed by atoms with Crippen molar-refractivity contribution < 1.29 is 14.3 Å². The van der Waals surface area contributed by atoms with Crippen LogP contribution in [-0.2, 0) is 9.53 Å². The molecule has 1 saturated heterocycles. The number of nitrogens with two attached hydrogens (primary N) is 1. The molecule has 6 nitrogen and oxygen atoms in total. The highest BCUT2D eigenvalue weighted by molar-refractivity contribution is 5.94. The third-order valence-electron chi connectivity index (χ3n) is 4.62. The van der Waals surface area contributed by atoms with Crippen LogP contribution in [0.5, 0.6) is 0 Å². The predicted molar refractivity (Wildman–Crippen MR) is 104 cm³/mol. The van der Waals surface area contributed by atoms with E-state index in [2.05, 4.69) is 6.92 Å². The molecule has 1 atom stereocenters. The normalized spacial score (nSPS) is 15.9. The Morgan fingerprint density at radius 3 is 2.42 bits per heavy atom. The SMILES string of the molecule is CCCN(C(=O)C(N)COC)C1CCN(C(=O)c2ccccc2)CC1.Cl. The third-order valence-corrected chi connectivity index (χ3v) is 4.62. The molecule has 1 aliphatic rings. The second-order valence-electron chi connectivity index (χ2n) is 6.48. The van der Waals surface area contributed by atoms with Gasteiger partial charge in [-0.25, -0.2) is 0 Å². The first kappa shape index (κ1) is 22.4. The molecule has 2 N–H and O–H groups in total. The minimum atomic E-state index is -0.625. The molecule has 146 valence electrons. The van der Waals surface area contributed by atoms with Crippen molar-refractivity contribution in [2.75, 3.05) is 33.4 Å². The van der Waals surface area contributed by atoms with E-state index in [0.717, 1.165) is 19.3 Å². The van der Waals surface area contributed by atoms with E-state index in [1.165, 1.54) is 0 Å². The minimum absolute atomic E-state index is 0. The number of nitrogens with zero attached hydrogens (tertiary/aromatic N) is 2. The number of hydrogen-bond donors (Lipinski definition) is 1. The van der Waals surface area contributed by atoms with Gasteiger partial charge in [-0.3, -0.25) is 9.59 Å². The Morgan fingerprint density at radius 1 is 1.27 bits per heavy atom. The molecular weight excluding hydrogens is 354 g/mol. The van der Waals surface area contributed by atoms with Crippen LogP contribution >= 0.6 is 12.4 Å². The molecule has 1 aromatic carbocycles. The summed E-state index contributed by atoms with van der Waals surface area (Å²) in [5.41, 5.74) is 6.65. The zero-order valence-corrected chi connectivity index (χ0v) is 16.4. The summed E-state index contributed by atoms with van der Waals surface area (Å²) in [6.07, 6.45) is 2.45. The Bertz CT molecular complexity index is 562. The Labute approximate surface area is 162 Å². The van der Waals surface area contributed by atoms with Crippen LogP contribution in [0.4, 0.5) is 0 Å². The zero-order valence-electron chi connectivity index (χ0n) is 15.6. The van der Waals surface area contributed by atoms with Crippen LogP contribution in [0.15, 0.2) is 30.3 Å². The molecule has 7 heteroatoms. The van der Waals surface area contributed by atoms with Gasteiger partial charge in [-0.05, 0) is 31.4 Å². The molecule has 1 aromatic rings. The second kappa shape index (κ2) is 11.2. The van der Waals surface area contributed by atoms with E-state index < -0.39 is 6.04 Å². The molecule has 0 aromatic heterocycles. The van der Waals surface area contributed by atoms with Gasteiger partial charge in [-0.1, -0.05) is 25.1 Å². The molecule has 0 saturated carbocycles. The standard InChI is InChI=1S/C19H29N3O3.ClH/c1-3-11-22(19(24)17(20)14-25-2)16-9-12-21(13-10-16)18(23)15-7-5-4-6-8-15;/h4-8,16-17H,3,9-14,20H2,1-2H3;1H. The maximum Gasteiger partial charge on any atom is 0.253 e. The summed E-state index contributed by atoms with van der Waals surface area (Å²) >= 11 is 0. The highest BCUT2D eigenvalue weighted by Crippen LogP contribution is 2.19. The van der Waals surface area contributed by atoms with E-state index in [1.54, 1.807) is 7.11 Å². The number of ether oxygens (including phenoxy) is 1. The lowest BCUT2D eigenvalue weighted by molar-refractivity contribution is -0.137. The van der Waals surface area contributed by atoms with Gasteiger partial charge < -0.3 is 20.3 Å². The average molecular weight is 384 g/mol. The fraction of sp³-hybridized carbons (Fsp3) is 0.579. The number of carbonyl (C=O) groups excluding carboxylic acids is 2. The number of halogens is 1. The largest absolute Gasteiger partial charge is 0.383 e. The third kappa shape index (κ3) is 5.69. The van der Waals surface area contributed by atoms with Gasteiger partial charge in [-0.15, -0.1) is 12.4 Å². The topological polar surface area (TPSA) is 75.9 Å². The van der Waals surface area contributed by atoms with E-state index in [0.29, 0.717) is 25.2 Å². The van der Waals surface area contributed by atoms with Gasteiger partial charge in [0.05, 0.1) is 6.61 Å². The van der Waals surface area contributed by atoms with Crippen molar-refractivity contribution in [1.82, 2.24) is 9.80 Å². The molecule has 0 bridgehead atoms. The van der Waals surface area contributed by atoms with Crippen LogP contribution < -0.4 is 5.73 Å². The molecule has 1 fully saturated rings. The molecule has 0 spiro atoms. The Hall–Kier alpha value is -1.63. The number of benzene rings is 1. The Kier molecular flexibility index (Phi) is 9.62. The molecule has 26 heavy (non-hydrogen) atoms. The first-order chi connectivity index (χ1) is 12.1. The first-order valence-electron chi connectivity index (χ1n) is 8.97.